The molecule has 2 aromatic rings. The topological polar surface area (TPSA) is 90.3 Å². The maximum atomic E-state index is 14.7. The van der Waals surface area contributed by atoms with E-state index < -0.39 is 22.6 Å². The van der Waals surface area contributed by atoms with Crippen molar-refractivity contribution < 1.29 is 18.3 Å². The van der Waals surface area contributed by atoms with Crippen LogP contribution in [0.5, 0.6) is 0 Å². The van der Waals surface area contributed by atoms with Crippen LogP contribution in [0, 0.1) is 11.6 Å². The van der Waals surface area contributed by atoms with Crippen LogP contribution >= 0.6 is 11.8 Å². The Balaban J connectivity index is 1.68. The summed E-state index contributed by atoms with van der Waals surface area (Å²) >= 11 is 1.22. The number of benzene rings is 2. The standard InChI is InChI=1S/C24H28F2N6O2S/c1-16(34-2)22(33)32-24(17-7-4-3-5-8-17,11-14-29-30-23-27-12-6-13-28-23)35-21(31-32)19-15-18(25)9-10-20(19)26/h3-5,7-10,15-16,29H,6,11-14H2,1-2H3,(H2,27,28,30)/t16-,24?/m0/s1. The van der Waals surface area contributed by atoms with Crippen molar-refractivity contribution in [2.24, 2.45) is 10.1 Å². The minimum Gasteiger partial charge on any atom is -0.372 e. The number of nitrogens with one attached hydrogen (secondary N) is 3. The highest BCUT2D eigenvalue weighted by Crippen LogP contribution is 2.50. The number of carbonyl (C=O) groups excluding carboxylic acids is 1. The Morgan fingerprint density at radius 1 is 1.29 bits per heavy atom. The minimum atomic E-state index is -1.02. The van der Waals surface area contributed by atoms with Crippen LogP contribution in [-0.4, -0.2) is 54.8 Å². The fourth-order valence-electron chi connectivity index (χ4n) is 3.84. The van der Waals surface area contributed by atoms with Crippen LogP contribution in [0.25, 0.3) is 0 Å². The summed E-state index contributed by atoms with van der Waals surface area (Å²) in [5.41, 5.74) is 7.00. The molecule has 186 valence electrons. The number of hydrogen-bond donors (Lipinski definition) is 3. The summed E-state index contributed by atoms with van der Waals surface area (Å²) in [6.45, 7) is 3.63. The monoisotopic (exact) mass is 502 g/mol. The molecule has 0 spiro atoms. The van der Waals surface area contributed by atoms with Crippen molar-refractivity contribution in [1.29, 1.82) is 0 Å². The SMILES string of the molecule is CO[C@@H](C)C(=O)N1N=C(c2cc(F)ccc2F)SC1(CCNNC1=NCCCN1)c1ccccc1. The summed E-state index contributed by atoms with van der Waals surface area (Å²) in [7, 11) is 1.44. The third kappa shape index (κ3) is 5.47. The van der Waals surface area contributed by atoms with Gasteiger partial charge in [0.2, 0.25) is 5.96 Å². The van der Waals surface area contributed by atoms with Crippen LogP contribution in [0.1, 0.15) is 30.9 Å². The summed E-state index contributed by atoms with van der Waals surface area (Å²) < 4.78 is 34.0. The Kier molecular flexibility index (Phi) is 7.99. The van der Waals surface area contributed by atoms with Gasteiger partial charge in [0.1, 0.15) is 27.7 Å². The number of nitrogens with zero attached hydrogens (tertiary/aromatic N) is 3. The van der Waals surface area contributed by atoms with Gasteiger partial charge in [-0.2, -0.15) is 5.10 Å². The Labute approximate surface area is 207 Å². The number of halogens is 2. The maximum Gasteiger partial charge on any atom is 0.273 e. The summed E-state index contributed by atoms with van der Waals surface area (Å²) in [5.74, 6) is -0.933. The average Bonchev–Trinajstić information content (AvgIpc) is 3.28. The van der Waals surface area contributed by atoms with E-state index in [1.54, 1.807) is 6.92 Å². The van der Waals surface area contributed by atoms with Gasteiger partial charge in [0.25, 0.3) is 5.91 Å². The predicted octanol–water partition coefficient (Wildman–Crippen LogP) is 2.92. The van der Waals surface area contributed by atoms with Crippen molar-refractivity contribution in [3.63, 3.8) is 0 Å². The lowest BCUT2D eigenvalue weighted by Crippen LogP contribution is -2.50. The highest BCUT2D eigenvalue weighted by atomic mass is 32.2. The molecular weight excluding hydrogens is 474 g/mol. The summed E-state index contributed by atoms with van der Waals surface area (Å²) in [4.78, 5) is 16.8. The van der Waals surface area contributed by atoms with Crippen LogP contribution in [0.15, 0.2) is 58.6 Å². The number of hydrazone groups is 1. The van der Waals surface area contributed by atoms with Gasteiger partial charge in [-0.05, 0) is 37.1 Å². The molecule has 8 nitrogen and oxygen atoms in total. The first-order chi connectivity index (χ1) is 16.9. The molecule has 1 amide bonds. The molecule has 0 saturated carbocycles. The first kappa shape index (κ1) is 25.1. The number of hydrogen-bond acceptors (Lipinski definition) is 8. The number of carbonyl (C=O) groups is 1. The van der Waals surface area contributed by atoms with E-state index in [1.165, 1.54) is 23.9 Å². The van der Waals surface area contributed by atoms with Crippen LogP contribution in [0.4, 0.5) is 8.78 Å². The third-order valence-electron chi connectivity index (χ3n) is 5.79. The lowest BCUT2D eigenvalue weighted by Gasteiger charge is -2.37. The van der Waals surface area contributed by atoms with E-state index in [-0.39, 0.29) is 16.5 Å². The smallest absolute Gasteiger partial charge is 0.273 e. The number of thioether (sulfide) groups is 1. The lowest BCUT2D eigenvalue weighted by molar-refractivity contribution is -0.144. The molecule has 0 fully saturated rings. The van der Waals surface area contributed by atoms with Gasteiger partial charge in [-0.25, -0.2) is 19.2 Å². The molecular formula is C24H28F2N6O2S. The van der Waals surface area contributed by atoms with Gasteiger partial charge in [0, 0.05) is 38.7 Å². The Hall–Kier alpha value is -3.02. The minimum absolute atomic E-state index is 0.00233. The molecule has 1 unspecified atom stereocenters. The molecule has 0 aromatic heterocycles. The molecule has 4 rings (SSSR count). The number of guanidine groups is 1. The first-order valence-corrected chi connectivity index (χ1v) is 12.2. The van der Waals surface area contributed by atoms with E-state index in [1.807, 2.05) is 30.3 Å². The molecule has 0 aliphatic carbocycles. The molecule has 3 N–H and O–H groups in total. The largest absolute Gasteiger partial charge is 0.372 e. The van der Waals surface area contributed by atoms with Crippen LogP contribution in [0.2, 0.25) is 0 Å². The number of aliphatic imine (C=N–C) groups is 1. The van der Waals surface area contributed by atoms with E-state index in [4.69, 9.17) is 4.74 Å². The average molecular weight is 503 g/mol. The molecule has 0 bridgehead atoms. The Bertz CT molecular complexity index is 1120. The van der Waals surface area contributed by atoms with Crippen LogP contribution in [0.3, 0.4) is 0 Å². The van der Waals surface area contributed by atoms with Crippen molar-refractivity contribution in [2.75, 3.05) is 26.7 Å². The van der Waals surface area contributed by atoms with Gasteiger partial charge >= 0.3 is 0 Å². The van der Waals surface area contributed by atoms with E-state index >= 15 is 0 Å². The van der Waals surface area contributed by atoms with Gasteiger partial charge in [-0.3, -0.25) is 15.2 Å². The Morgan fingerprint density at radius 3 is 2.80 bits per heavy atom. The fourth-order valence-corrected chi connectivity index (χ4v) is 5.23. The number of hydrazine groups is 1. The fraction of sp³-hybridized carbons (Fsp3) is 0.375. The summed E-state index contributed by atoms with van der Waals surface area (Å²) in [6.07, 6.45) is 0.587. The maximum absolute atomic E-state index is 14.7. The molecule has 2 atom stereocenters. The number of ether oxygens (including phenoxy) is 1. The lowest BCUT2D eigenvalue weighted by atomic mass is 10.0. The highest BCUT2D eigenvalue weighted by molar-refractivity contribution is 8.15. The van der Waals surface area contributed by atoms with Crippen molar-refractivity contribution in [2.45, 2.75) is 30.7 Å². The second-order valence-electron chi connectivity index (χ2n) is 8.12. The summed E-state index contributed by atoms with van der Waals surface area (Å²) in [5, 5.41) is 9.25. The quantitative estimate of drug-likeness (QED) is 0.380. The van der Waals surface area contributed by atoms with Gasteiger partial charge in [0.15, 0.2) is 0 Å². The van der Waals surface area contributed by atoms with Gasteiger partial charge < -0.3 is 10.1 Å². The van der Waals surface area contributed by atoms with Gasteiger partial charge in [-0.1, -0.05) is 42.1 Å². The molecule has 0 radical (unpaired) electrons. The van der Waals surface area contributed by atoms with E-state index in [9.17, 15) is 13.6 Å². The molecule has 2 aliphatic heterocycles. The predicted molar refractivity (Wildman–Crippen MR) is 133 cm³/mol. The molecule has 35 heavy (non-hydrogen) atoms. The van der Waals surface area contributed by atoms with Gasteiger partial charge in [0.05, 0.1) is 0 Å². The molecule has 0 saturated heterocycles. The van der Waals surface area contributed by atoms with E-state index in [0.717, 1.165) is 43.3 Å². The normalized spacial score (nSPS) is 20.6. The van der Waals surface area contributed by atoms with Gasteiger partial charge in [-0.15, -0.1) is 0 Å². The molecule has 2 aliphatic rings. The second-order valence-corrected chi connectivity index (χ2v) is 9.39. The first-order valence-electron chi connectivity index (χ1n) is 11.4. The zero-order chi connectivity index (χ0) is 24.8. The van der Waals surface area contributed by atoms with Crippen LogP contribution in [-0.2, 0) is 14.4 Å². The molecule has 2 aromatic carbocycles. The van der Waals surface area contributed by atoms with E-state index in [2.05, 4.69) is 26.3 Å². The van der Waals surface area contributed by atoms with E-state index in [0.29, 0.717) is 18.9 Å². The van der Waals surface area contributed by atoms with Crippen molar-refractivity contribution in [3.8, 4) is 0 Å². The number of methoxy groups -OCH3 is 1. The summed E-state index contributed by atoms with van der Waals surface area (Å²) in [6, 6.07) is 12.6. The van der Waals surface area contributed by atoms with Crippen molar-refractivity contribution in [1.82, 2.24) is 21.2 Å². The van der Waals surface area contributed by atoms with Crippen LogP contribution < -0.4 is 16.2 Å². The third-order valence-corrected chi connectivity index (χ3v) is 7.23. The second kappa shape index (κ2) is 11.1. The number of amides is 1. The molecule has 2 heterocycles. The highest BCUT2D eigenvalue weighted by Gasteiger charge is 2.49. The van der Waals surface area contributed by atoms with Crippen molar-refractivity contribution in [3.05, 3.63) is 71.3 Å². The Morgan fingerprint density at radius 2 is 2.09 bits per heavy atom. The zero-order valence-corrected chi connectivity index (χ0v) is 20.4. The van der Waals surface area contributed by atoms with Crippen molar-refractivity contribution >= 4 is 28.7 Å². The zero-order valence-electron chi connectivity index (χ0n) is 19.6. The molecule has 11 heteroatoms. The number of rotatable bonds is 8.